The van der Waals surface area contributed by atoms with E-state index >= 15 is 0 Å². The highest BCUT2D eigenvalue weighted by atomic mass is 35.5. The van der Waals surface area contributed by atoms with E-state index in [0.717, 1.165) is 5.56 Å². The van der Waals surface area contributed by atoms with Crippen LogP contribution in [-0.4, -0.2) is 24.8 Å². The molecule has 5 heteroatoms. The molecular formula is C18H22ClNO3. The number of nitriles is 1. The summed E-state index contributed by atoms with van der Waals surface area (Å²) in [6, 6.07) is 9.56. The van der Waals surface area contributed by atoms with E-state index in [9.17, 15) is 10.1 Å². The molecular weight excluding hydrogens is 314 g/mol. The summed E-state index contributed by atoms with van der Waals surface area (Å²) in [7, 11) is 0. The Bertz CT molecular complexity index is 606. The van der Waals surface area contributed by atoms with Gasteiger partial charge in [0.25, 0.3) is 0 Å². The summed E-state index contributed by atoms with van der Waals surface area (Å²) in [5.41, 5.74) is -0.120. The number of carbonyl (C=O) groups excluding carboxylic acids is 1. The van der Waals surface area contributed by atoms with Crippen LogP contribution in [0.5, 0.6) is 0 Å². The fourth-order valence-electron chi connectivity index (χ4n) is 3.48. The van der Waals surface area contributed by atoms with Crippen LogP contribution in [0.2, 0.25) is 5.02 Å². The Hall–Kier alpha value is -1.57. The van der Waals surface area contributed by atoms with Crippen molar-refractivity contribution < 1.29 is 14.3 Å². The number of benzene rings is 1. The van der Waals surface area contributed by atoms with E-state index in [1.165, 1.54) is 0 Å². The van der Waals surface area contributed by atoms with Crippen LogP contribution in [0.4, 0.5) is 0 Å². The fourth-order valence-corrected chi connectivity index (χ4v) is 3.60. The second kappa shape index (κ2) is 6.90. The maximum Gasteiger partial charge on any atom is 0.324 e. The van der Waals surface area contributed by atoms with E-state index in [4.69, 9.17) is 21.1 Å². The first-order valence-corrected chi connectivity index (χ1v) is 8.19. The van der Waals surface area contributed by atoms with E-state index in [1.54, 1.807) is 19.1 Å². The van der Waals surface area contributed by atoms with Gasteiger partial charge in [-0.3, -0.25) is 4.79 Å². The Kier molecular flexibility index (Phi) is 5.33. The van der Waals surface area contributed by atoms with Crippen molar-refractivity contribution in [2.45, 2.75) is 44.6 Å². The monoisotopic (exact) mass is 335 g/mol. The Labute approximate surface area is 142 Å². The lowest BCUT2D eigenvalue weighted by Gasteiger charge is -2.46. The van der Waals surface area contributed by atoms with Gasteiger partial charge in [-0.05, 0) is 51.3 Å². The number of carbonyl (C=O) groups is 1. The van der Waals surface area contributed by atoms with Gasteiger partial charge in [0.2, 0.25) is 0 Å². The average molecular weight is 336 g/mol. The molecule has 0 aromatic heterocycles. The normalized spacial score (nSPS) is 24.5. The lowest BCUT2D eigenvalue weighted by Crippen LogP contribution is -2.50. The second-order valence-corrected chi connectivity index (χ2v) is 6.95. The minimum atomic E-state index is -0.869. The summed E-state index contributed by atoms with van der Waals surface area (Å²) in [4.78, 5) is 12.4. The predicted octanol–water partition coefficient (Wildman–Crippen LogP) is 3.87. The maximum atomic E-state index is 12.4. The number of hydrogen-bond donors (Lipinski definition) is 0. The summed E-state index contributed by atoms with van der Waals surface area (Å²) in [6.07, 6.45) is 1.16. The standard InChI is InChI=1S/C18H22ClNO3/c1-4-22-16(21)15(11-20)18(9-10-23-17(2,3)12-18)13-5-7-14(19)8-6-13/h5-8,15H,4,9-10,12H2,1-3H3. The minimum absolute atomic E-state index is 0.258. The van der Waals surface area contributed by atoms with Gasteiger partial charge in [0, 0.05) is 17.0 Å². The third-order valence-electron chi connectivity index (χ3n) is 4.41. The summed E-state index contributed by atoms with van der Waals surface area (Å²) in [5, 5.41) is 10.3. The summed E-state index contributed by atoms with van der Waals surface area (Å²) < 4.78 is 11.0. The van der Waals surface area contributed by atoms with Crippen LogP contribution in [0.3, 0.4) is 0 Å². The Morgan fingerprint density at radius 3 is 2.61 bits per heavy atom. The molecule has 1 saturated heterocycles. The molecule has 1 fully saturated rings. The zero-order chi connectivity index (χ0) is 17.1. The average Bonchev–Trinajstić information content (AvgIpc) is 2.47. The number of esters is 1. The molecule has 4 nitrogen and oxygen atoms in total. The SMILES string of the molecule is CCOC(=O)C(C#N)C1(c2ccc(Cl)cc2)CCOC(C)(C)C1. The first-order chi connectivity index (χ1) is 10.8. The molecule has 0 radical (unpaired) electrons. The lowest BCUT2D eigenvalue weighted by molar-refractivity contribution is -0.153. The molecule has 0 bridgehead atoms. The predicted molar refractivity (Wildman–Crippen MR) is 88.1 cm³/mol. The summed E-state index contributed by atoms with van der Waals surface area (Å²) in [6.45, 7) is 6.46. The van der Waals surface area contributed by atoms with Crippen LogP contribution >= 0.6 is 11.6 Å². The molecule has 0 amide bonds. The van der Waals surface area contributed by atoms with Crippen LogP contribution in [0.15, 0.2) is 24.3 Å². The zero-order valence-electron chi connectivity index (χ0n) is 13.8. The number of halogens is 1. The van der Waals surface area contributed by atoms with E-state index in [0.29, 0.717) is 24.5 Å². The van der Waals surface area contributed by atoms with E-state index in [1.807, 2.05) is 26.0 Å². The highest BCUT2D eigenvalue weighted by Gasteiger charge is 2.51. The summed E-state index contributed by atoms with van der Waals surface area (Å²) in [5.74, 6) is -1.34. The highest BCUT2D eigenvalue weighted by molar-refractivity contribution is 6.30. The van der Waals surface area contributed by atoms with Crippen molar-refractivity contribution >= 4 is 17.6 Å². The molecule has 1 aromatic carbocycles. The third-order valence-corrected chi connectivity index (χ3v) is 4.66. The molecule has 0 spiro atoms. The third kappa shape index (κ3) is 3.68. The molecule has 0 saturated carbocycles. The Morgan fingerprint density at radius 2 is 2.09 bits per heavy atom. The van der Waals surface area contributed by atoms with Gasteiger partial charge in [0.15, 0.2) is 5.92 Å². The Balaban J connectivity index is 2.52. The first kappa shape index (κ1) is 17.8. The molecule has 1 aromatic rings. The van der Waals surface area contributed by atoms with Crippen molar-refractivity contribution in [1.29, 1.82) is 5.26 Å². The molecule has 0 aliphatic carbocycles. The smallest absolute Gasteiger partial charge is 0.324 e. The topological polar surface area (TPSA) is 59.3 Å². The van der Waals surface area contributed by atoms with Crippen LogP contribution in [-0.2, 0) is 19.7 Å². The van der Waals surface area contributed by atoms with Gasteiger partial charge in [0.1, 0.15) is 0 Å². The molecule has 0 N–H and O–H groups in total. The van der Waals surface area contributed by atoms with E-state index in [2.05, 4.69) is 6.07 Å². The highest BCUT2D eigenvalue weighted by Crippen LogP contribution is 2.47. The van der Waals surface area contributed by atoms with Crippen LogP contribution < -0.4 is 0 Å². The lowest BCUT2D eigenvalue weighted by atomic mass is 9.62. The van der Waals surface area contributed by atoms with Crippen molar-refractivity contribution in [2.24, 2.45) is 5.92 Å². The molecule has 1 aliphatic heterocycles. The van der Waals surface area contributed by atoms with Gasteiger partial charge in [-0.25, -0.2) is 0 Å². The number of ether oxygens (including phenoxy) is 2. The zero-order valence-corrected chi connectivity index (χ0v) is 14.5. The number of rotatable bonds is 4. The number of nitrogens with zero attached hydrogens (tertiary/aromatic N) is 1. The minimum Gasteiger partial charge on any atom is -0.465 e. The van der Waals surface area contributed by atoms with Gasteiger partial charge in [-0.1, -0.05) is 23.7 Å². The molecule has 1 heterocycles. The van der Waals surface area contributed by atoms with Crippen molar-refractivity contribution in [2.75, 3.05) is 13.2 Å². The second-order valence-electron chi connectivity index (χ2n) is 6.51. The van der Waals surface area contributed by atoms with E-state index < -0.39 is 22.9 Å². The van der Waals surface area contributed by atoms with Crippen LogP contribution in [0.25, 0.3) is 0 Å². The van der Waals surface area contributed by atoms with Gasteiger partial charge >= 0.3 is 5.97 Å². The van der Waals surface area contributed by atoms with Gasteiger partial charge in [-0.2, -0.15) is 5.26 Å². The van der Waals surface area contributed by atoms with Crippen molar-refractivity contribution in [1.82, 2.24) is 0 Å². The molecule has 1 aliphatic rings. The van der Waals surface area contributed by atoms with Crippen molar-refractivity contribution in [3.63, 3.8) is 0 Å². The van der Waals surface area contributed by atoms with Crippen LogP contribution in [0, 0.1) is 17.2 Å². The number of hydrogen-bond acceptors (Lipinski definition) is 4. The van der Waals surface area contributed by atoms with Gasteiger partial charge < -0.3 is 9.47 Å². The van der Waals surface area contributed by atoms with Crippen molar-refractivity contribution in [3.05, 3.63) is 34.9 Å². The fraction of sp³-hybridized carbons (Fsp3) is 0.556. The van der Waals surface area contributed by atoms with Gasteiger partial charge in [-0.15, -0.1) is 0 Å². The Morgan fingerprint density at radius 1 is 1.43 bits per heavy atom. The summed E-state index contributed by atoms with van der Waals surface area (Å²) >= 11 is 6.00. The first-order valence-electron chi connectivity index (χ1n) is 7.81. The van der Waals surface area contributed by atoms with E-state index in [-0.39, 0.29) is 6.61 Å². The quantitative estimate of drug-likeness (QED) is 0.784. The largest absolute Gasteiger partial charge is 0.465 e. The molecule has 124 valence electrons. The molecule has 2 atom stereocenters. The van der Waals surface area contributed by atoms with Crippen molar-refractivity contribution in [3.8, 4) is 6.07 Å². The van der Waals surface area contributed by atoms with Crippen LogP contribution in [0.1, 0.15) is 39.2 Å². The van der Waals surface area contributed by atoms with Gasteiger partial charge in [0.05, 0.1) is 18.3 Å². The molecule has 23 heavy (non-hydrogen) atoms. The maximum absolute atomic E-state index is 12.4. The molecule has 2 unspecified atom stereocenters. The molecule has 2 rings (SSSR count).